The van der Waals surface area contributed by atoms with Crippen molar-refractivity contribution in [2.75, 3.05) is 0 Å². The van der Waals surface area contributed by atoms with Crippen molar-refractivity contribution in [1.29, 1.82) is 0 Å². The highest BCUT2D eigenvalue weighted by Gasteiger charge is 2.29. The molecule has 0 N–H and O–H groups in total. The third-order valence-corrected chi connectivity index (χ3v) is 3.13. The summed E-state index contributed by atoms with van der Waals surface area (Å²) in [6.07, 6.45) is 10.6. The van der Waals surface area contributed by atoms with Gasteiger partial charge in [0.25, 0.3) is 0 Å². The van der Waals surface area contributed by atoms with Crippen molar-refractivity contribution in [3.8, 4) is 0 Å². The van der Waals surface area contributed by atoms with Crippen molar-refractivity contribution in [3.05, 3.63) is 32.2 Å². The molecular weight excluding hydrogens is 144 g/mol. The van der Waals surface area contributed by atoms with E-state index in [9.17, 15) is 0 Å². The fourth-order valence-corrected chi connectivity index (χ4v) is 2.06. The third-order valence-electron chi connectivity index (χ3n) is 3.13. The Balaban J connectivity index is 2.63. The molecule has 0 amide bonds. The largest absolute Gasteiger partial charge is 0.102 e. The Labute approximate surface area is 76.4 Å². The minimum absolute atomic E-state index is 0.0690. The SMILES string of the molecule is [CH2]C(C=C)(C=C)C1CCCCC1. The smallest absolute Gasteiger partial charge is 0.00844 e. The Morgan fingerprint density at radius 1 is 1.00 bits per heavy atom. The van der Waals surface area contributed by atoms with Crippen LogP contribution in [0.3, 0.4) is 0 Å². The molecule has 0 spiro atoms. The van der Waals surface area contributed by atoms with Gasteiger partial charge in [-0.2, -0.15) is 0 Å². The maximum Gasteiger partial charge on any atom is 0.00844 e. The van der Waals surface area contributed by atoms with E-state index in [1.807, 2.05) is 12.2 Å². The first-order valence-corrected chi connectivity index (χ1v) is 4.85. The van der Waals surface area contributed by atoms with Crippen LogP contribution in [0, 0.1) is 18.3 Å². The summed E-state index contributed by atoms with van der Waals surface area (Å²) < 4.78 is 0. The summed E-state index contributed by atoms with van der Waals surface area (Å²) in [5.41, 5.74) is -0.0690. The molecule has 1 fully saturated rings. The van der Waals surface area contributed by atoms with E-state index < -0.39 is 0 Å². The summed E-state index contributed by atoms with van der Waals surface area (Å²) >= 11 is 0. The highest BCUT2D eigenvalue weighted by molar-refractivity contribution is 5.12. The summed E-state index contributed by atoms with van der Waals surface area (Å²) in [6, 6.07) is 0. The Hall–Kier alpha value is -0.520. The molecule has 0 aliphatic heterocycles. The van der Waals surface area contributed by atoms with Gasteiger partial charge in [-0.1, -0.05) is 31.4 Å². The molecule has 12 heavy (non-hydrogen) atoms. The lowest BCUT2D eigenvalue weighted by Crippen LogP contribution is -2.25. The first-order valence-electron chi connectivity index (χ1n) is 4.85. The maximum absolute atomic E-state index is 4.19. The fourth-order valence-electron chi connectivity index (χ4n) is 2.06. The lowest BCUT2D eigenvalue weighted by Gasteiger charge is -2.34. The molecule has 0 unspecified atom stereocenters. The zero-order valence-corrected chi connectivity index (χ0v) is 7.89. The zero-order valence-electron chi connectivity index (χ0n) is 7.89. The first-order chi connectivity index (χ1) is 5.73. The average molecular weight is 163 g/mol. The highest BCUT2D eigenvalue weighted by atomic mass is 14.3. The van der Waals surface area contributed by atoms with Crippen LogP contribution in [-0.2, 0) is 0 Å². The first kappa shape index (κ1) is 9.57. The summed E-state index contributed by atoms with van der Waals surface area (Å²) in [5.74, 6) is 0.682. The lowest BCUT2D eigenvalue weighted by molar-refractivity contribution is 0.262. The number of hydrogen-bond donors (Lipinski definition) is 0. The van der Waals surface area contributed by atoms with Gasteiger partial charge in [0.15, 0.2) is 0 Å². The summed E-state index contributed by atoms with van der Waals surface area (Å²) in [5, 5.41) is 0. The van der Waals surface area contributed by atoms with Crippen LogP contribution in [0.5, 0.6) is 0 Å². The molecule has 0 heterocycles. The predicted molar refractivity (Wildman–Crippen MR) is 54.8 cm³/mol. The second-order valence-corrected chi connectivity index (χ2v) is 3.86. The summed E-state index contributed by atoms with van der Waals surface area (Å²) in [7, 11) is 0. The van der Waals surface area contributed by atoms with Crippen molar-refractivity contribution >= 4 is 0 Å². The van der Waals surface area contributed by atoms with Gasteiger partial charge in [0.05, 0.1) is 0 Å². The van der Waals surface area contributed by atoms with E-state index in [0.717, 1.165) is 0 Å². The van der Waals surface area contributed by atoms with Crippen molar-refractivity contribution in [2.24, 2.45) is 11.3 Å². The van der Waals surface area contributed by atoms with Crippen LogP contribution in [0.4, 0.5) is 0 Å². The molecule has 1 rings (SSSR count). The molecule has 0 bridgehead atoms. The minimum Gasteiger partial charge on any atom is -0.102 e. The van der Waals surface area contributed by atoms with E-state index in [0.29, 0.717) is 5.92 Å². The molecule has 0 heteroatoms. The second-order valence-electron chi connectivity index (χ2n) is 3.86. The standard InChI is InChI=1S/C12H19/c1-4-12(3,5-2)11-9-7-6-8-10-11/h4-5,11H,1-3,6-10H2. The third kappa shape index (κ3) is 1.80. The van der Waals surface area contributed by atoms with E-state index in [-0.39, 0.29) is 5.41 Å². The van der Waals surface area contributed by atoms with Crippen LogP contribution in [0.2, 0.25) is 0 Å². The van der Waals surface area contributed by atoms with E-state index >= 15 is 0 Å². The number of hydrogen-bond acceptors (Lipinski definition) is 0. The Morgan fingerprint density at radius 3 is 1.92 bits per heavy atom. The molecule has 0 aromatic rings. The number of rotatable bonds is 3. The quantitative estimate of drug-likeness (QED) is 0.556. The lowest BCUT2D eigenvalue weighted by atomic mass is 9.70. The van der Waals surface area contributed by atoms with E-state index in [2.05, 4.69) is 20.1 Å². The molecule has 67 valence electrons. The van der Waals surface area contributed by atoms with Crippen molar-refractivity contribution < 1.29 is 0 Å². The van der Waals surface area contributed by atoms with Gasteiger partial charge in [-0.15, -0.1) is 13.2 Å². The minimum atomic E-state index is -0.0690. The van der Waals surface area contributed by atoms with Gasteiger partial charge in [0, 0.05) is 5.41 Å². The predicted octanol–water partition coefficient (Wildman–Crippen LogP) is 3.76. The van der Waals surface area contributed by atoms with Gasteiger partial charge in [-0.25, -0.2) is 0 Å². The number of allylic oxidation sites excluding steroid dienone is 2. The van der Waals surface area contributed by atoms with Gasteiger partial charge in [0.2, 0.25) is 0 Å². The fraction of sp³-hybridized carbons (Fsp3) is 0.583. The molecule has 1 saturated carbocycles. The van der Waals surface area contributed by atoms with Gasteiger partial charge in [-0.05, 0) is 25.7 Å². The van der Waals surface area contributed by atoms with Crippen LogP contribution in [0.1, 0.15) is 32.1 Å². The molecular formula is C12H19. The molecule has 1 aliphatic carbocycles. The van der Waals surface area contributed by atoms with Crippen molar-refractivity contribution in [1.82, 2.24) is 0 Å². The van der Waals surface area contributed by atoms with E-state index in [4.69, 9.17) is 0 Å². The molecule has 0 aromatic heterocycles. The normalized spacial score (nSPS) is 20.4. The summed E-state index contributed by atoms with van der Waals surface area (Å²) in [4.78, 5) is 0. The van der Waals surface area contributed by atoms with Crippen molar-refractivity contribution in [3.63, 3.8) is 0 Å². The Bertz CT molecular complexity index is 153. The Kier molecular flexibility index (Phi) is 3.13. The van der Waals surface area contributed by atoms with Gasteiger partial charge in [0.1, 0.15) is 0 Å². The van der Waals surface area contributed by atoms with E-state index in [1.54, 1.807) is 0 Å². The molecule has 1 radical (unpaired) electrons. The van der Waals surface area contributed by atoms with Crippen molar-refractivity contribution in [2.45, 2.75) is 32.1 Å². The van der Waals surface area contributed by atoms with Crippen LogP contribution in [0.15, 0.2) is 25.3 Å². The molecule has 0 atom stereocenters. The average Bonchev–Trinajstić information content (AvgIpc) is 2.18. The monoisotopic (exact) mass is 163 g/mol. The molecule has 0 aromatic carbocycles. The zero-order chi connectivity index (χ0) is 9.03. The molecule has 0 nitrogen and oxygen atoms in total. The van der Waals surface area contributed by atoms with Crippen LogP contribution < -0.4 is 0 Å². The molecule has 1 aliphatic rings. The van der Waals surface area contributed by atoms with Crippen LogP contribution >= 0.6 is 0 Å². The summed E-state index contributed by atoms with van der Waals surface area (Å²) in [6.45, 7) is 11.9. The topological polar surface area (TPSA) is 0 Å². The van der Waals surface area contributed by atoms with Gasteiger partial charge < -0.3 is 0 Å². The maximum atomic E-state index is 4.19. The van der Waals surface area contributed by atoms with Gasteiger partial charge in [-0.3, -0.25) is 0 Å². The molecule has 0 saturated heterocycles. The van der Waals surface area contributed by atoms with Gasteiger partial charge >= 0.3 is 0 Å². The van der Waals surface area contributed by atoms with Crippen LogP contribution in [0.25, 0.3) is 0 Å². The Morgan fingerprint density at radius 2 is 1.50 bits per heavy atom. The second kappa shape index (κ2) is 3.93. The van der Waals surface area contributed by atoms with Crippen LogP contribution in [-0.4, -0.2) is 0 Å². The highest BCUT2D eigenvalue weighted by Crippen LogP contribution is 2.39. The van der Waals surface area contributed by atoms with E-state index in [1.165, 1.54) is 32.1 Å².